The molecule has 3 atom stereocenters. The number of fused-ring (bicyclic) bond motifs is 2. The maximum Gasteiger partial charge on any atom is 0.356 e. The van der Waals surface area contributed by atoms with E-state index in [4.69, 9.17) is 9.57 Å². The molecule has 0 aromatic heterocycles. The Kier molecular flexibility index (Phi) is 3.72. The van der Waals surface area contributed by atoms with Crippen molar-refractivity contribution >= 4 is 17.4 Å². The van der Waals surface area contributed by atoms with Crippen LogP contribution in [0.3, 0.4) is 0 Å². The molecule has 0 saturated heterocycles. The molecule has 6 heteroatoms. The summed E-state index contributed by atoms with van der Waals surface area (Å²) < 4.78 is 4.98. The van der Waals surface area contributed by atoms with Crippen molar-refractivity contribution in [3.8, 4) is 6.07 Å². The van der Waals surface area contributed by atoms with Gasteiger partial charge >= 0.3 is 5.97 Å². The van der Waals surface area contributed by atoms with E-state index in [9.17, 15) is 10.1 Å². The second-order valence-electron chi connectivity index (χ2n) is 5.40. The molecule has 6 nitrogen and oxygen atoms in total. The maximum atomic E-state index is 11.9. The monoisotopic (exact) mass is 299 g/mol. The molecule has 22 heavy (non-hydrogen) atoms. The van der Waals surface area contributed by atoms with Gasteiger partial charge in [-0.05, 0) is 18.6 Å². The van der Waals surface area contributed by atoms with Gasteiger partial charge in [-0.3, -0.25) is 0 Å². The lowest BCUT2D eigenvalue weighted by Crippen LogP contribution is -2.49. The molecule has 0 amide bonds. The Labute approximate surface area is 128 Å². The van der Waals surface area contributed by atoms with E-state index in [1.807, 2.05) is 36.2 Å². The highest BCUT2D eigenvalue weighted by Gasteiger charge is 2.45. The first-order valence-corrected chi connectivity index (χ1v) is 7.28. The van der Waals surface area contributed by atoms with Crippen LogP contribution in [0.4, 0.5) is 5.69 Å². The van der Waals surface area contributed by atoms with Crippen LogP contribution in [0.15, 0.2) is 29.4 Å². The highest BCUT2D eigenvalue weighted by molar-refractivity contribution is 6.36. The summed E-state index contributed by atoms with van der Waals surface area (Å²) in [5.74, 6) is -0.960. The van der Waals surface area contributed by atoms with Crippen molar-refractivity contribution < 1.29 is 14.4 Å². The largest absolute Gasteiger partial charge is 0.461 e. The standard InChI is InChI=1S/C16H17N3O3/c1-3-21-16(20)13-8-11-12(9-17)10-6-4-5-7-14(10)19(2)15(11)22-18-13/h4-7,11-12,15H,3,8H2,1-2H3/t11-,12-,15-/m1/s1. The first kappa shape index (κ1) is 14.4. The Balaban J connectivity index is 1.95. The van der Waals surface area contributed by atoms with E-state index < -0.39 is 5.97 Å². The van der Waals surface area contributed by atoms with Crippen molar-refractivity contribution in [1.82, 2.24) is 0 Å². The second-order valence-corrected chi connectivity index (χ2v) is 5.40. The number of oxime groups is 1. The average Bonchev–Trinajstić information content (AvgIpc) is 2.55. The summed E-state index contributed by atoms with van der Waals surface area (Å²) >= 11 is 0. The lowest BCUT2D eigenvalue weighted by molar-refractivity contribution is -0.136. The normalized spacial score (nSPS) is 26.0. The Hall–Kier alpha value is -2.55. The molecule has 2 aliphatic rings. The molecule has 0 saturated carbocycles. The van der Waals surface area contributed by atoms with Gasteiger partial charge in [-0.15, -0.1) is 0 Å². The number of nitrogens with zero attached hydrogens (tertiary/aromatic N) is 3. The molecule has 0 unspecified atom stereocenters. The molecule has 114 valence electrons. The average molecular weight is 299 g/mol. The van der Waals surface area contributed by atoms with E-state index in [2.05, 4.69) is 11.2 Å². The number of carbonyl (C=O) groups excluding carboxylic acids is 1. The number of rotatable bonds is 2. The van der Waals surface area contributed by atoms with Crippen LogP contribution in [-0.2, 0) is 14.4 Å². The highest BCUT2D eigenvalue weighted by Crippen LogP contribution is 2.44. The summed E-state index contributed by atoms with van der Waals surface area (Å²) in [7, 11) is 1.91. The first-order chi connectivity index (χ1) is 10.7. The van der Waals surface area contributed by atoms with Crippen LogP contribution < -0.4 is 4.90 Å². The summed E-state index contributed by atoms with van der Waals surface area (Å²) in [4.78, 5) is 19.4. The minimum atomic E-state index is -0.473. The SMILES string of the molecule is CCOC(=O)C1=NO[C@@H]2[C@H](C1)[C@H](C#N)c1ccccc1N2C. The summed E-state index contributed by atoms with van der Waals surface area (Å²) in [5, 5.41) is 13.5. The lowest BCUT2D eigenvalue weighted by atomic mass is 9.78. The van der Waals surface area contributed by atoms with Gasteiger partial charge in [0, 0.05) is 25.1 Å². The zero-order valence-corrected chi connectivity index (χ0v) is 12.5. The molecule has 1 aromatic carbocycles. The summed E-state index contributed by atoms with van der Waals surface area (Å²) in [6.07, 6.45) is 0.0261. The van der Waals surface area contributed by atoms with Crippen molar-refractivity contribution in [1.29, 1.82) is 5.26 Å². The number of carbonyl (C=O) groups is 1. The summed E-state index contributed by atoms with van der Waals surface area (Å²) in [6.45, 7) is 2.03. The van der Waals surface area contributed by atoms with Crippen LogP contribution in [0.25, 0.3) is 0 Å². The molecule has 0 N–H and O–H groups in total. The number of hydrogen-bond acceptors (Lipinski definition) is 6. The molecule has 0 radical (unpaired) electrons. The Morgan fingerprint density at radius 3 is 3.05 bits per heavy atom. The third kappa shape index (κ3) is 2.19. The molecule has 0 spiro atoms. The Morgan fingerprint density at radius 2 is 2.32 bits per heavy atom. The quantitative estimate of drug-likeness (QED) is 0.781. The van der Waals surface area contributed by atoms with Crippen LogP contribution in [0.2, 0.25) is 0 Å². The Bertz CT molecular complexity index is 665. The van der Waals surface area contributed by atoms with Crippen molar-refractivity contribution in [3.63, 3.8) is 0 Å². The van der Waals surface area contributed by atoms with Gasteiger partial charge in [0.25, 0.3) is 0 Å². The highest BCUT2D eigenvalue weighted by atomic mass is 16.7. The Morgan fingerprint density at radius 1 is 1.55 bits per heavy atom. The predicted octanol–water partition coefficient (Wildman–Crippen LogP) is 2.03. The van der Waals surface area contributed by atoms with Gasteiger partial charge in [0.15, 0.2) is 5.71 Å². The zero-order valence-electron chi connectivity index (χ0n) is 12.5. The predicted molar refractivity (Wildman–Crippen MR) is 80.2 cm³/mol. The van der Waals surface area contributed by atoms with Crippen molar-refractivity contribution in [2.75, 3.05) is 18.6 Å². The number of anilines is 1. The van der Waals surface area contributed by atoms with Crippen LogP contribution in [0.1, 0.15) is 24.8 Å². The van der Waals surface area contributed by atoms with Gasteiger partial charge in [-0.25, -0.2) is 4.79 Å². The van der Waals surface area contributed by atoms with Gasteiger partial charge in [0.05, 0.1) is 18.6 Å². The van der Waals surface area contributed by atoms with Crippen LogP contribution >= 0.6 is 0 Å². The number of benzene rings is 1. The molecular weight excluding hydrogens is 282 g/mol. The van der Waals surface area contributed by atoms with Crippen molar-refractivity contribution in [3.05, 3.63) is 29.8 Å². The summed E-state index contributed by atoms with van der Waals surface area (Å²) in [5.41, 5.74) is 2.17. The summed E-state index contributed by atoms with van der Waals surface area (Å²) in [6, 6.07) is 10.1. The lowest BCUT2D eigenvalue weighted by Gasteiger charge is -2.43. The third-order valence-electron chi connectivity index (χ3n) is 4.18. The number of nitriles is 1. The number of ether oxygens (including phenoxy) is 1. The fourth-order valence-corrected chi connectivity index (χ4v) is 3.14. The van der Waals surface area contributed by atoms with E-state index >= 15 is 0 Å². The fraction of sp³-hybridized carbons (Fsp3) is 0.438. The van der Waals surface area contributed by atoms with Crippen LogP contribution in [-0.4, -0.2) is 31.6 Å². The first-order valence-electron chi connectivity index (χ1n) is 7.28. The zero-order chi connectivity index (χ0) is 15.7. The minimum absolute atomic E-state index is 0.151. The molecule has 2 heterocycles. The fourth-order valence-electron chi connectivity index (χ4n) is 3.14. The van der Waals surface area contributed by atoms with Gasteiger partial charge in [-0.2, -0.15) is 5.26 Å². The number of para-hydroxylation sites is 1. The van der Waals surface area contributed by atoms with Crippen molar-refractivity contribution in [2.24, 2.45) is 11.1 Å². The molecule has 1 aromatic rings. The van der Waals surface area contributed by atoms with Gasteiger partial charge in [0.1, 0.15) is 0 Å². The van der Waals surface area contributed by atoms with E-state index in [-0.39, 0.29) is 30.4 Å². The van der Waals surface area contributed by atoms with Gasteiger partial charge < -0.3 is 14.5 Å². The van der Waals surface area contributed by atoms with Gasteiger partial charge in [0.2, 0.25) is 6.23 Å². The third-order valence-corrected chi connectivity index (χ3v) is 4.18. The van der Waals surface area contributed by atoms with Crippen molar-refractivity contribution in [2.45, 2.75) is 25.5 Å². The van der Waals surface area contributed by atoms with Gasteiger partial charge in [-0.1, -0.05) is 23.4 Å². The molecule has 2 aliphatic heterocycles. The van der Waals surface area contributed by atoms with E-state index in [1.54, 1.807) is 6.92 Å². The number of esters is 1. The molecule has 3 rings (SSSR count). The molecule has 0 fully saturated rings. The van der Waals surface area contributed by atoms with E-state index in [0.29, 0.717) is 6.42 Å². The topological polar surface area (TPSA) is 74.9 Å². The number of hydrogen-bond donors (Lipinski definition) is 0. The smallest absolute Gasteiger partial charge is 0.356 e. The van der Waals surface area contributed by atoms with E-state index in [0.717, 1.165) is 11.3 Å². The minimum Gasteiger partial charge on any atom is -0.461 e. The van der Waals surface area contributed by atoms with Crippen LogP contribution in [0, 0.1) is 17.2 Å². The van der Waals surface area contributed by atoms with E-state index in [1.165, 1.54) is 0 Å². The molecule has 0 aliphatic carbocycles. The van der Waals surface area contributed by atoms with Crippen LogP contribution in [0.5, 0.6) is 0 Å². The second kappa shape index (κ2) is 5.68. The maximum absolute atomic E-state index is 11.9. The molecule has 0 bridgehead atoms. The molecular formula is C16H17N3O3.